The first-order valence-corrected chi connectivity index (χ1v) is 6.06. The first-order valence-electron chi connectivity index (χ1n) is 6.06. The summed E-state index contributed by atoms with van der Waals surface area (Å²) in [6, 6.07) is 0. The molecule has 0 saturated heterocycles. The molecule has 16 heavy (non-hydrogen) atoms. The third-order valence-electron chi connectivity index (χ3n) is 3.18. The normalized spacial score (nSPS) is 12.0. The lowest BCUT2D eigenvalue weighted by molar-refractivity contribution is 0.274. The number of hydrogen-bond acceptors (Lipinski definition) is 3. The van der Waals surface area contributed by atoms with E-state index in [1.807, 2.05) is 11.7 Å². The van der Waals surface area contributed by atoms with E-state index in [0.717, 1.165) is 18.9 Å². The second-order valence-corrected chi connectivity index (χ2v) is 5.08. The second-order valence-electron chi connectivity index (χ2n) is 5.08. The van der Waals surface area contributed by atoms with Crippen LogP contribution in [0.15, 0.2) is 6.33 Å². The molecule has 1 heterocycles. The van der Waals surface area contributed by atoms with Crippen LogP contribution in [-0.2, 0) is 13.6 Å². The summed E-state index contributed by atoms with van der Waals surface area (Å²) in [4.78, 5) is 4.19. The van der Waals surface area contributed by atoms with Crippen molar-refractivity contribution in [2.75, 3.05) is 6.54 Å². The minimum atomic E-state index is 0.715. The molecule has 0 aromatic carbocycles. The van der Waals surface area contributed by atoms with Crippen LogP contribution in [0, 0.1) is 17.8 Å². The van der Waals surface area contributed by atoms with Crippen LogP contribution in [0.2, 0.25) is 0 Å². The molecule has 0 atom stereocenters. The van der Waals surface area contributed by atoms with Crippen LogP contribution in [0.1, 0.15) is 33.5 Å². The molecule has 1 aromatic heterocycles. The zero-order chi connectivity index (χ0) is 12.1. The van der Waals surface area contributed by atoms with Crippen molar-refractivity contribution in [3.05, 3.63) is 12.2 Å². The van der Waals surface area contributed by atoms with E-state index in [2.05, 4.69) is 43.1 Å². The van der Waals surface area contributed by atoms with E-state index in [-0.39, 0.29) is 0 Å². The lowest BCUT2D eigenvalue weighted by Crippen LogP contribution is -2.30. The molecule has 4 heteroatoms. The van der Waals surface area contributed by atoms with E-state index in [1.165, 1.54) is 0 Å². The second kappa shape index (κ2) is 5.99. The topological polar surface area (TPSA) is 42.7 Å². The average molecular weight is 224 g/mol. The fourth-order valence-electron chi connectivity index (χ4n) is 2.07. The summed E-state index contributed by atoms with van der Waals surface area (Å²) >= 11 is 0. The molecule has 0 spiro atoms. The fraction of sp³-hybridized carbons (Fsp3) is 0.833. The Hall–Kier alpha value is -0.900. The van der Waals surface area contributed by atoms with Gasteiger partial charge >= 0.3 is 0 Å². The van der Waals surface area contributed by atoms with Crippen molar-refractivity contribution >= 4 is 0 Å². The average Bonchev–Trinajstić information content (AvgIpc) is 2.57. The molecule has 0 aliphatic heterocycles. The van der Waals surface area contributed by atoms with Gasteiger partial charge in [0.15, 0.2) is 0 Å². The van der Waals surface area contributed by atoms with Gasteiger partial charge < -0.3 is 5.32 Å². The molecule has 0 bridgehead atoms. The SMILES string of the molecule is CC(C)C(CNCc1ncnn1C)C(C)C. The third kappa shape index (κ3) is 3.59. The molecule has 1 N–H and O–H groups in total. The maximum absolute atomic E-state index is 4.19. The molecular weight excluding hydrogens is 200 g/mol. The van der Waals surface area contributed by atoms with E-state index < -0.39 is 0 Å². The number of hydrogen-bond donors (Lipinski definition) is 1. The maximum Gasteiger partial charge on any atom is 0.140 e. The lowest BCUT2D eigenvalue weighted by Gasteiger charge is -2.25. The van der Waals surface area contributed by atoms with Gasteiger partial charge in [-0.15, -0.1) is 0 Å². The van der Waals surface area contributed by atoms with Crippen LogP contribution in [0.5, 0.6) is 0 Å². The summed E-state index contributed by atoms with van der Waals surface area (Å²) in [7, 11) is 1.92. The highest BCUT2D eigenvalue weighted by atomic mass is 15.3. The highest BCUT2D eigenvalue weighted by molar-refractivity contribution is 4.82. The molecule has 92 valence electrons. The van der Waals surface area contributed by atoms with Gasteiger partial charge in [-0.1, -0.05) is 27.7 Å². The Morgan fingerprint density at radius 1 is 1.25 bits per heavy atom. The van der Waals surface area contributed by atoms with Gasteiger partial charge in [-0.3, -0.25) is 4.68 Å². The summed E-state index contributed by atoms with van der Waals surface area (Å²) in [6.07, 6.45) is 1.60. The van der Waals surface area contributed by atoms with Gasteiger partial charge in [0.2, 0.25) is 0 Å². The summed E-state index contributed by atoms with van der Waals surface area (Å²) in [5, 5.41) is 7.52. The van der Waals surface area contributed by atoms with E-state index >= 15 is 0 Å². The van der Waals surface area contributed by atoms with Crippen molar-refractivity contribution in [1.29, 1.82) is 0 Å². The molecule has 1 aromatic rings. The van der Waals surface area contributed by atoms with Gasteiger partial charge in [0.25, 0.3) is 0 Å². The predicted molar refractivity (Wildman–Crippen MR) is 65.9 cm³/mol. The zero-order valence-electron chi connectivity index (χ0n) is 11.1. The van der Waals surface area contributed by atoms with E-state index in [0.29, 0.717) is 17.8 Å². The molecule has 0 aliphatic rings. The lowest BCUT2D eigenvalue weighted by atomic mass is 9.85. The smallest absolute Gasteiger partial charge is 0.140 e. The van der Waals surface area contributed by atoms with Crippen LogP contribution in [0.25, 0.3) is 0 Å². The van der Waals surface area contributed by atoms with Crippen molar-refractivity contribution < 1.29 is 0 Å². The van der Waals surface area contributed by atoms with Crippen molar-refractivity contribution in [2.45, 2.75) is 34.2 Å². The summed E-state index contributed by atoms with van der Waals surface area (Å²) in [6.45, 7) is 11.0. The number of rotatable bonds is 6. The Balaban J connectivity index is 2.37. The zero-order valence-corrected chi connectivity index (χ0v) is 11.1. The monoisotopic (exact) mass is 224 g/mol. The van der Waals surface area contributed by atoms with Crippen LogP contribution in [-0.4, -0.2) is 21.3 Å². The maximum atomic E-state index is 4.19. The van der Waals surface area contributed by atoms with Gasteiger partial charge in [0.1, 0.15) is 12.2 Å². The van der Waals surface area contributed by atoms with Crippen molar-refractivity contribution in [3.8, 4) is 0 Å². The first-order chi connectivity index (χ1) is 7.52. The first kappa shape index (κ1) is 13.2. The summed E-state index contributed by atoms with van der Waals surface area (Å²) in [5.74, 6) is 3.14. The van der Waals surface area contributed by atoms with Crippen LogP contribution in [0.3, 0.4) is 0 Å². The van der Waals surface area contributed by atoms with E-state index in [9.17, 15) is 0 Å². The van der Waals surface area contributed by atoms with E-state index in [1.54, 1.807) is 6.33 Å². The Morgan fingerprint density at radius 2 is 1.88 bits per heavy atom. The molecule has 0 aliphatic carbocycles. The molecule has 1 rings (SSSR count). The Kier molecular flexibility index (Phi) is 4.93. The molecule has 0 unspecified atom stereocenters. The van der Waals surface area contributed by atoms with Crippen molar-refractivity contribution in [1.82, 2.24) is 20.1 Å². The number of aromatic nitrogens is 3. The van der Waals surface area contributed by atoms with Crippen LogP contribution in [0.4, 0.5) is 0 Å². The Labute approximate surface area is 98.5 Å². The highest BCUT2D eigenvalue weighted by Crippen LogP contribution is 2.19. The van der Waals surface area contributed by atoms with Crippen molar-refractivity contribution in [2.24, 2.45) is 24.8 Å². The molecule has 0 radical (unpaired) electrons. The summed E-state index contributed by atoms with van der Waals surface area (Å²) < 4.78 is 1.81. The highest BCUT2D eigenvalue weighted by Gasteiger charge is 2.16. The van der Waals surface area contributed by atoms with Gasteiger partial charge in [-0.2, -0.15) is 5.10 Å². The Bertz CT molecular complexity index is 296. The molecule has 4 nitrogen and oxygen atoms in total. The minimum Gasteiger partial charge on any atom is -0.310 e. The summed E-state index contributed by atoms with van der Waals surface area (Å²) in [5.41, 5.74) is 0. The Morgan fingerprint density at radius 3 is 2.31 bits per heavy atom. The molecular formula is C12H24N4. The van der Waals surface area contributed by atoms with Gasteiger partial charge in [0.05, 0.1) is 6.54 Å². The quantitative estimate of drug-likeness (QED) is 0.801. The van der Waals surface area contributed by atoms with Gasteiger partial charge in [-0.25, -0.2) is 4.98 Å². The van der Waals surface area contributed by atoms with Gasteiger partial charge in [0, 0.05) is 7.05 Å². The van der Waals surface area contributed by atoms with Crippen LogP contribution >= 0.6 is 0 Å². The largest absolute Gasteiger partial charge is 0.310 e. The molecule has 0 amide bonds. The standard InChI is InChI=1S/C12H24N4/c1-9(2)11(10(3)4)6-13-7-12-14-8-15-16(12)5/h8-11,13H,6-7H2,1-5H3. The molecule has 0 fully saturated rings. The van der Waals surface area contributed by atoms with Gasteiger partial charge in [-0.05, 0) is 24.3 Å². The number of aryl methyl sites for hydroxylation is 1. The number of nitrogens with one attached hydrogen (secondary N) is 1. The predicted octanol–water partition coefficient (Wildman–Crippen LogP) is 1.83. The molecule has 0 saturated carbocycles. The third-order valence-corrected chi connectivity index (χ3v) is 3.18. The number of nitrogens with zero attached hydrogens (tertiary/aromatic N) is 3. The van der Waals surface area contributed by atoms with Crippen LogP contribution < -0.4 is 5.32 Å². The fourth-order valence-corrected chi connectivity index (χ4v) is 2.07. The van der Waals surface area contributed by atoms with Crippen molar-refractivity contribution in [3.63, 3.8) is 0 Å². The minimum absolute atomic E-state index is 0.715. The van der Waals surface area contributed by atoms with E-state index in [4.69, 9.17) is 0 Å².